The quantitative estimate of drug-likeness (QED) is 0.711. The topological polar surface area (TPSA) is 46.3 Å². The molecule has 3 heteroatoms. The Balaban J connectivity index is 4.49. The molecule has 0 aliphatic rings. The largest absolute Gasteiger partial charge is 0.339 e. The number of amides is 1. The Labute approximate surface area is 107 Å². The zero-order valence-corrected chi connectivity index (χ0v) is 12.2. The lowest BCUT2D eigenvalue weighted by Gasteiger charge is -2.32. The van der Waals surface area contributed by atoms with Crippen molar-refractivity contribution >= 4 is 5.91 Å². The predicted molar refractivity (Wildman–Crippen MR) is 73.8 cm³/mol. The van der Waals surface area contributed by atoms with Crippen molar-refractivity contribution in [3.63, 3.8) is 0 Å². The van der Waals surface area contributed by atoms with Gasteiger partial charge in [-0.05, 0) is 32.1 Å². The Morgan fingerprint density at radius 2 is 1.71 bits per heavy atom. The van der Waals surface area contributed by atoms with Gasteiger partial charge < -0.3 is 10.6 Å². The Hall–Kier alpha value is -0.570. The lowest BCUT2D eigenvalue weighted by atomic mass is 10.1. The molecule has 0 aromatic rings. The second-order valence-electron chi connectivity index (χ2n) is 5.43. The van der Waals surface area contributed by atoms with Crippen LogP contribution >= 0.6 is 0 Å². The van der Waals surface area contributed by atoms with E-state index in [1.54, 1.807) is 0 Å². The van der Waals surface area contributed by atoms with Crippen LogP contribution < -0.4 is 5.73 Å². The highest BCUT2D eigenvalue weighted by Crippen LogP contribution is 2.14. The third kappa shape index (κ3) is 6.67. The lowest BCUT2D eigenvalue weighted by Crippen LogP contribution is -2.42. The molecule has 1 amide bonds. The molecule has 1 atom stereocenters. The molecule has 0 radical (unpaired) electrons. The first kappa shape index (κ1) is 16.4. The molecule has 0 rings (SSSR count). The molecule has 0 saturated carbocycles. The van der Waals surface area contributed by atoms with Gasteiger partial charge in [-0.3, -0.25) is 4.79 Å². The summed E-state index contributed by atoms with van der Waals surface area (Å²) in [6, 6.07) is 0.500. The monoisotopic (exact) mass is 242 g/mol. The van der Waals surface area contributed by atoms with Gasteiger partial charge in [-0.15, -0.1) is 0 Å². The normalized spacial score (nSPS) is 13.2. The highest BCUT2D eigenvalue weighted by Gasteiger charge is 2.21. The molecule has 0 saturated heterocycles. The van der Waals surface area contributed by atoms with E-state index < -0.39 is 0 Å². The average Bonchev–Trinajstić information content (AvgIpc) is 2.25. The first-order valence-corrected chi connectivity index (χ1v) is 6.97. The molecule has 0 aromatic heterocycles. The summed E-state index contributed by atoms with van der Waals surface area (Å²) in [7, 11) is 0. The number of carbonyl (C=O) groups excluding carboxylic acids is 1. The van der Waals surface area contributed by atoms with E-state index in [9.17, 15) is 4.79 Å². The maximum atomic E-state index is 12.2. The molecule has 0 aliphatic heterocycles. The molecule has 0 heterocycles. The standard InChI is InChI=1S/C14H30N2O/c1-6-13(7-2)16(10-11(3)4)14(17)9-8-12(5)15/h11-13H,6-10,15H2,1-5H3. The van der Waals surface area contributed by atoms with Gasteiger partial charge in [0, 0.05) is 25.0 Å². The molecule has 0 bridgehead atoms. The molecular formula is C14H30N2O. The van der Waals surface area contributed by atoms with Crippen LogP contribution in [0.2, 0.25) is 0 Å². The van der Waals surface area contributed by atoms with Crippen LogP contribution in [-0.2, 0) is 4.79 Å². The number of nitrogens with two attached hydrogens (primary N) is 1. The van der Waals surface area contributed by atoms with Gasteiger partial charge in [0.1, 0.15) is 0 Å². The molecule has 17 heavy (non-hydrogen) atoms. The lowest BCUT2D eigenvalue weighted by molar-refractivity contribution is -0.134. The third-order valence-corrected chi connectivity index (χ3v) is 3.08. The maximum absolute atomic E-state index is 12.2. The molecular weight excluding hydrogens is 212 g/mol. The number of nitrogens with zero attached hydrogens (tertiary/aromatic N) is 1. The minimum atomic E-state index is 0.113. The fraction of sp³-hybridized carbons (Fsp3) is 0.929. The Bertz CT molecular complexity index is 210. The van der Waals surface area contributed by atoms with E-state index in [1.165, 1.54) is 0 Å². The molecule has 102 valence electrons. The van der Waals surface area contributed by atoms with Gasteiger partial charge in [0.05, 0.1) is 0 Å². The van der Waals surface area contributed by atoms with Crippen molar-refractivity contribution in [3.8, 4) is 0 Å². The molecule has 0 fully saturated rings. The fourth-order valence-electron chi connectivity index (χ4n) is 2.07. The first-order valence-electron chi connectivity index (χ1n) is 6.97. The molecule has 0 aromatic carbocycles. The van der Waals surface area contributed by atoms with Crippen molar-refractivity contribution in [2.24, 2.45) is 11.7 Å². The summed E-state index contributed by atoms with van der Waals surface area (Å²) in [6.07, 6.45) is 3.44. The van der Waals surface area contributed by atoms with Gasteiger partial charge in [0.25, 0.3) is 0 Å². The summed E-state index contributed by atoms with van der Waals surface area (Å²) in [5.74, 6) is 0.791. The second kappa shape index (κ2) is 8.51. The Morgan fingerprint density at radius 3 is 2.06 bits per heavy atom. The van der Waals surface area contributed by atoms with Gasteiger partial charge in [-0.1, -0.05) is 27.7 Å². The van der Waals surface area contributed by atoms with Crippen LogP contribution in [0.1, 0.15) is 60.3 Å². The number of rotatable bonds is 8. The van der Waals surface area contributed by atoms with Crippen LogP contribution in [0.3, 0.4) is 0 Å². The molecule has 2 N–H and O–H groups in total. The fourth-order valence-corrected chi connectivity index (χ4v) is 2.07. The SMILES string of the molecule is CCC(CC)N(CC(C)C)C(=O)CCC(C)N. The zero-order chi connectivity index (χ0) is 13.4. The van der Waals surface area contributed by atoms with Crippen LogP contribution in [0, 0.1) is 5.92 Å². The van der Waals surface area contributed by atoms with Crippen LogP contribution in [0.5, 0.6) is 0 Å². The van der Waals surface area contributed by atoms with Crippen molar-refractivity contribution in [1.82, 2.24) is 4.90 Å². The molecule has 0 spiro atoms. The summed E-state index contributed by atoms with van der Waals surface area (Å²) in [5.41, 5.74) is 5.71. The van der Waals surface area contributed by atoms with E-state index in [0.717, 1.165) is 25.8 Å². The average molecular weight is 242 g/mol. The van der Waals surface area contributed by atoms with E-state index >= 15 is 0 Å². The predicted octanol–water partition coefficient (Wildman–Crippen LogP) is 2.79. The van der Waals surface area contributed by atoms with E-state index in [0.29, 0.717) is 18.4 Å². The highest BCUT2D eigenvalue weighted by atomic mass is 16.2. The second-order valence-corrected chi connectivity index (χ2v) is 5.43. The van der Waals surface area contributed by atoms with Gasteiger partial charge in [0.15, 0.2) is 0 Å². The molecule has 1 unspecified atom stereocenters. The Morgan fingerprint density at radius 1 is 1.18 bits per heavy atom. The van der Waals surface area contributed by atoms with Crippen molar-refractivity contribution in [2.75, 3.05) is 6.54 Å². The maximum Gasteiger partial charge on any atom is 0.222 e. The van der Waals surface area contributed by atoms with Gasteiger partial charge >= 0.3 is 0 Å². The zero-order valence-electron chi connectivity index (χ0n) is 12.2. The van der Waals surface area contributed by atoms with Gasteiger partial charge in [-0.25, -0.2) is 0 Å². The summed E-state index contributed by atoms with van der Waals surface area (Å²) in [5, 5.41) is 0. The highest BCUT2D eigenvalue weighted by molar-refractivity contribution is 5.76. The first-order chi connectivity index (χ1) is 7.92. The van der Waals surface area contributed by atoms with Crippen molar-refractivity contribution < 1.29 is 4.79 Å². The molecule has 3 nitrogen and oxygen atoms in total. The van der Waals surface area contributed by atoms with Crippen molar-refractivity contribution in [3.05, 3.63) is 0 Å². The Kier molecular flexibility index (Phi) is 8.23. The summed E-state index contributed by atoms with van der Waals surface area (Å²) in [6.45, 7) is 11.4. The van der Waals surface area contributed by atoms with Crippen molar-refractivity contribution in [2.45, 2.75) is 72.4 Å². The molecule has 0 aliphatic carbocycles. The minimum Gasteiger partial charge on any atom is -0.339 e. The van der Waals surface area contributed by atoms with Crippen LogP contribution in [0.15, 0.2) is 0 Å². The van der Waals surface area contributed by atoms with Crippen LogP contribution in [0.25, 0.3) is 0 Å². The number of carbonyl (C=O) groups is 1. The summed E-state index contributed by atoms with van der Waals surface area (Å²) in [4.78, 5) is 14.3. The van der Waals surface area contributed by atoms with E-state index in [4.69, 9.17) is 5.73 Å². The number of hydrogen-bond acceptors (Lipinski definition) is 2. The van der Waals surface area contributed by atoms with Gasteiger partial charge in [-0.2, -0.15) is 0 Å². The number of hydrogen-bond donors (Lipinski definition) is 1. The van der Waals surface area contributed by atoms with Crippen LogP contribution in [-0.4, -0.2) is 29.4 Å². The summed E-state index contributed by atoms with van der Waals surface area (Å²) >= 11 is 0. The minimum absolute atomic E-state index is 0.113. The van der Waals surface area contributed by atoms with Crippen molar-refractivity contribution in [1.29, 1.82) is 0 Å². The summed E-state index contributed by atoms with van der Waals surface area (Å²) < 4.78 is 0. The third-order valence-electron chi connectivity index (χ3n) is 3.08. The van der Waals surface area contributed by atoms with E-state index in [-0.39, 0.29) is 11.9 Å². The van der Waals surface area contributed by atoms with E-state index in [2.05, 4.69) is 32.6 Å². The van der Waals surface area contributed by atoms with E-state index in [1.807, 2.05) is 6.92 Å². The van der Waals surface area contributed by atoms with Gasteiger partial charge in [0.2, 0.25) is 5.91 Å². The smallest absolute Gasteiger partial charge is 0.222 e. The van der Waals surface area contributed by atoms with Crippen LogP contribution in [0.4, 0.5) is 0 Å².